The lowest BCUT2D eigenvalue weighted by atomic mass is 10.1. The average molecular weight is 394 g/mol. The van der Waals surface area contributed by atoms with Gasteiger partial charge >= 0.3 is 0 Å². The van der Waals surface area contributed by atoms with Gasteiger partial charge in [0.1, 0.15) is 5.82 Å². The first-order valence-electron chi connectivity index (χ1n) is 8.37. The molecule has 3 rings (SSSR count). The molecule has 1 fully saturated rings. The predicted octanol–water partition coefficient (Wildman–Crippen LogP) is 3.90. The van der Waals surface area contributed by atoms with Crippen LogP contribution in [0.15, 0.2) is 53.4 Å². The van der Waals surface area contributed by atoms with Crippen LogP contribution in [0.3, 0.4) is 0 Å². The van der Waals surface area contributed by atoms with Gasteiger partial charge in [0.15, 0.2) is 5.78 Å². The summed E-state index contributed by atoms with van der Waals surface area (Å²) in [6.07, 6.45) is 0.552. The van der Waals surface area contributed by atoms with Crippen molar-refractivity contribution in [1.29, 1.82) is 0 Å². The molecular formula is C19H20FNO3S2. The maximum atomic E-state index is 14.0. The van der Waals surface area contributed by atoms with Crippen molar-refractivity contribution in [2.24, 2.45) is 0 Å². The quantitative estimate of drug-likeness (QED) is 0.740. The van der Waals surface area contributed by atoms with E-state index in [4.69, 9.17) is 0 Å². The van der Waals surface area contributed by atoms with Crippen LogP contribution in [0.1, 0.15) is 34.5 Å². The first kappa shape index (κ1) is 19.1. The van der Waals surface area contributed by atoms with Crippen molar-refractivity contribution in [3.05, 3.63) is 65.5 Å². The van der Waals surface area contributed by atoms with Gasteiger partial charge < -0.3 is 0 Å². The first-order chi connectivity index (χ1) is 12.4. The fraction of sp³-hybridized carbons (Fsp3) is 0.316. The Morgan fingerprint density at radius 2 is 1.81 bits per heavy atom. The second kappa shape index (κ2) is 7.90. The van der Waals surface area contributed by atoms with Crippen LogP contribution in [0.25, 0.3) is 0 Å². The number of sulfonamides is 1. The fourth-order valence-electron chi connectivity index (χ4n) is 2.99. The van der Waals surface area contributed by atoms with Gasteiger partial charge in [-0.15, -0.1) is 0 Å². The van der Waals surface area contributed by atoms with Crippen molar-refractivity contribution in [2.45, 2.75) is 23.5 Å². The first-order valence-corrected chi connectivity index (χ1v) is 10.9. The van der Waals surface area contributed by atoms with Gasteiger partial charge in [-0.1, -0.05) is 30.3 Å². The molecule has 138 valence electrons. The normalized spacial score (nSPS) is 19.1. The molecule has 2 aromatic rings. The molecule has 1 aliphatic rings. The highest BCUT2D eigenvalue weighted by Gasteiger charge is 2.29. The van der Waals surface area contributed by atoms with E-state index >= 15 is 0 Å². The Morgan fingerprint density at radius 1 is 1.12 bits per heavy atom. The minimum absolute atomic E-state index is 0.0588. The van der Waals surface area contributed by atoms with E-state index in [1.54, 1.807) is 30.0 Å². The van der Waals surface area contributed by atoms with Crippen molar-refractivity contribution in [1.82, 2.24) is 4.31 Å². The molecule has 1 heterocycles. The van der Waals surface area contributed by atoms with Crippen LogP contribution in [0.5, 0.6) is 0 Å². The molecule has 26 heavy (non-hydrogen) atoms. The Balaban J connectivity index is 1.77. The molecule has 0 amide bonds. The third-order valence-electron chi connectivity index (χ3n) is 4.45. The number of carbonyl (C=O) groups is 1. The third-order valence-corrected chi connectivity index (χ3v) is 7.67. The van der Waals surface area contributed by atoms with Crippen LogP contribution in [0.4, 0.5) is 4.39 Å². The number of hydrogen-bond donors (Lipinski definition) is 0. The van der Waals surface area contributed by atoms with Gasteiger partial charge in [0, 0.05) is 35.2 Å². The van der Waals surface area contributed by atoms with E-state index in [1.807, 2.05) is 0 Å². The zero-order valence-electron chi connectivity index (χ0n) is 14.4. The number of halogens is 1. The van der Waals surface area contributed by atoms with Gasteiger partial charge in [-0.25, -0.2) is 12.8 Å². The Labute approximate surface area is 157 Å². The number of ketones is 1. The van der Waals surface area contributed by atoms with Crippen molar-refractivity contribution < 1.29 is 17.6 Å². The van der Waals surface area contributed by atoms with E-state index in [0.717, 1.165) is 0 Å². The van der Waals surface area contributed by atoms with Crippen LogP contribution in [0.2, 0.25) is 0 Å². The van der Waals surface area contributed by atoms with Gasteiger partial charge in [-0.05, 0) is 31.5 Å². The van der Waals surface area contributed by atoms with Gasteiger partial charge in [-0.3, -0.25) is 4.79 Å². The summed E-state index contributed by atoms with van der Waals surface area (Å²) >= 11 is 1.58. The highest BCUT2D eigenvalue weighted by atomic mass is 32.2. The molecule has 0 bridgehead atoms. The molecule has 4 nitrogen and oxygen atoms in total. The molecule has 1 aliphatic heterocycles. The maximum Gasteiger partial charge on any atom is 0.243 e. The van der Waals surface area contributed by atoms with Crippen molar-refractivity contribution in [3.63, 3.8) is 0 Å². The minimum Gasteiger partial charge on any atom is -0.295 e. The number of thioether (sulfide) groups is 1. The molecule has 2 aromatic carbocycles. The number of hydrogen-bond acceptors (Lipinski definition) is 4. The van der Waals surface area contributed by atoms with E-state index in [1.165, 1.54) is 41.6 Å². The van der Waals surface area contributed by atoms with Crippen molar-refractivity contribution in [2.75, 3.05) is 18.8 Å². The average Bonchev–Trinajstić information content (AvgIpc) is 2.89. The molecule has 0 spiro atoms. The number of carbonyl (C=O) groups excluding carboxylic acids is 1. The molecule has 1 atom stereocenters. The molecule has 7 heteroatoms. The summed E-state index contributed by atoms with van der Waals surface area (Å²) in [4.78, 5) is 11.5. The second-order valence-electron chi connectivity index (χ2n) is 6.15. The number of Topliss-reactive ketones (excluding diaryl/α,β-unsaturated/α-hetero) is 1. The van der Waals surface area contributed by atoms with Crippen LogP contribution >= 0.6 is 11.8 Å². The molecule has 0 saturated carbocycles. The summed E-state index contributed by atoms with van der Waals surface area (Å²) in [6.45, 7) is 2.16. The summed E-state index contributed by atoms with van der Waals surface area (Å²) in [5, 5.41) is -0.0588. The van der Waals surface area contributed by atoms with Crippen LogP contribution in [-0.2, 0) is 10.0 Å². The lowest BCUT2D eigenvalue weighted by molar-refractivity contribution is 0.101. The second-order valence-corrected chi connectivity index (χ2v) is 9.40. The number of rotatable bonds is 4. The van der Waals surface area contributed by atoms with E-state index in [-0.39, 0.29) is 21.7 Å². The van der Waals surface area contributed by atoms with E-state index in [0.29, 0.717) is 36.4 Å². The summed E-state index contributed by atoms with van der Waals surface area (Å²) in [5.41, 5.74) is 1.11. The molecule has 0 aliphatic carbocycles. The molecular weight excluding hydrogens is 373 g/mol. The van der Waals surface area contributed by atoms with Gasteiger partial charge in [0.2, 0.25) is 10.0 Å². The highest BCUT2D eigenvalue weighted by molar-refractivity contribution is 7.99. The fourth-order valence-corrected chi connectivity index (χ4v) is 5.81. The Kier molecular flexibility index (Phi) is 5.79. The maximum absolute atomic E-state index is 14.0. The topological polar surface area (TPSA) is 54.5 Å². The van der Waals surface area contributed by atoms with E-state index < -0.39 is 10.0 Å². The zero-order chi connectivity index (χ0) is 18.7. The van der Waals surface area contributed by atoms with Crippen LogP contribution in [-0.4, -0.2) is 37.3 Å². The third kappa shape index (κ3) is 4.00. The number of benzene rings is 2. The Bertz CT molecular complexity index is 897. The summed E-state index contributed by atoms with van der Waals surface area (Å²) in [5.74, 6) is 0.248. The van der Waals surface area contributed by atoms with E-state index in [9.17, 15) is 17.6 Å². The largest absolute Gasteiger partial charge is 0.295 e. The van der Waals surface area contributed by atoms with Crippen molar-refractivity contribution in [3.8, 4) is 0 Å². The summed E-state index contributed by atoms with van der Waals surface area (Å²) in [6, 6.07) is 12.7. The standard InChI is InChI=1S/C19H20FNO3S2/c1-14(22)15-6-8-16(9-7-15)26(23,24)21-11-10-19(25-13-12-21)17-4-2-3-5-18(17)20/h2-9,19H,10-13H2,1H3. The van der Waals surface area contributed by atoms with E-state index in [2.05, 4.69) is 0 Å². The van der Waals surface area contributed by atoms with Crippen LogP contribution < -0.4 is 0 Å². The predicted molar refractivity (Wildman–Crippen MR) is 101 cm³/mol. The molecule has 0 N–H and O–H groups in total. The highest BCUT2D eigenvalue weighted by Crippen LogP contribution is 2.36. The monoisotopic (exact) mass is 393 g/mol. The van der Waals surface area contributed by atoms with Crippen LogP contribution in [0, 0.1) is 5.82 Å². The SMILES string of the molecule is CC(=O)c1ccc(S(=O)(=O)N2CCSC(c3ccccc3F)CC2)cc1. The van der Waals surface area contributed by atoms with Gasteiger partial charge in [0.25, 0.3) is 0 Å². The van der Waals surface area contributed by atoms with Crippen molar-refractivity contribution >= 4 is 27.6 Å². The zero-order valence-corrected chi connectivity index (χ0v) is 16.0. The lowest BCUT2D eigenvalue weighted by Crippen LogP contribution is -2.33. The molecule has 0 radical (unpaired) electrons. The summed E-state index contributed by atoms with van der Waals surface area (Å²) in [7, 11) is -3.63. The minimum atomic E-state index is -3.63. The van der Waals surface area contributed by atoms with Gasteiger partial charge in [-0.2, -0.15) is 16.1 Å². The molecule has 0 aromatic heterocycles. The Hall–Kier alpha value is -1.70. The number of nitrogens with zero attached hydrogens (tertiary/aromatic N) is 1. The molecule has 1 saturated heterocycles. The summed E-state index contributed by atoms with van der Waals surface area (Å²) < 4.78 is 41.3. The lowest BCUT2D eigenvalue weighted by Gasteiger charge is -2.20. The molecule has 1 unspecified atom stereocenters. The van der Waals surface area contributed by atoms with Gasteiger partial charge in [0.05, 0.1) is 4.90 Å². The Morgan fingerprint density at radius 3 is 2.46 bits per heavy atom. The smallest absolute Gasteiger partial charge is 0.243 e.